The third kappa shape index (κ3) is 4.12. The summed E-state index contributed by atoms with van der Waals surface area (Å²) in [4.78, 5) is 32.8. The highest BCUT2D eigenvalue weighted by Gasteiger charge is 2.21. The van der Waals surface area contributed by atoms with Crippen LogP contribution in [0.5, 0.6) is 0 Å². The van der Waals surface area contributed by atoms with Gasteiger partial charge in [0.1, 0.15) is 0 Å². The number of hydrogen-bond donors (Lipinski definition) is 4. The maximum atomic E-state index is 11.3. The normalized spacial score (nSPS) is 11.3. The number of urea groups is 1. The summed E-state index contributed by atoms with van der Waals surface area (Å²) in [5.74, 6) is -1.91. The van der Waals surface area contributed by atoms with E-state index < -0.39 is 23.9 Å². The number of benzene rings is 1. The van der Waals surface area contributed by atoms with Crippen LogP contribution in [0.4, 0.5) is 4.79 Å². The molecule has 1 aromatic carbocycles. The summed E-state index contributed by atoms with van der Waals surface area (Å²) in [5, 5.41) is 13.4. The maximum absolute atomic E-state index is 11.3. The number of nitrogens with two attached hydrogens (primary N) is 1. The molecule has 1 unspecified atom stereocenters. The molecule has 0 aliphatic carbocycles. The first kappa shape index (κ1) is 13.5. The lowest BCUT2D eigenvalue weighted by atomic mass is 10.1. The van der Waals surface area contributed by atoms with Crippen molar-refractivity contribution in [1.82, 2.24) is 10.6 Å². The van der Waals surface area contributed by atoms with Crippen LogP contribution in [0.3, 0.4) is 0 Å². The molecule has 1 aromatic rings. The monoisotopic (exact) mass is 251 g/mol. The number of carbonyl (C=O) groups excluding carboxylic acids is 2. The van der Waals surface area contributed by atoms with Crippen LogP contribution in [0.2, 0.25) is 0 Å². The number of carbonyl (C=O) groups is 3. The van der Waals surface area contributed by atoms with Gasteiger partial charge in [0.25, 0.3) is 0 Å². The number of amides is 3. The van der Waals surface area contributed by atoms with Gasteiger partial charge in [-0.2, -0.15) is 0 Å². The van der Waals surface area contributed by atoms with Crippen LogP contribution >= 0.6 is 0 Å². The zero-order valence-electron chi connectivity index (χ0n) is 9.42. The molecular weight excluding hydrogens is 238 g/mol. The van der Waals surface area contributed by atoms with Crippen molar-refractivity contribution in [2.24, 2.45) is 5.73 Å². The van der Waals surface area contributed by atoms with Gasteiger partial charge in [-0.05, 0) is 5.56 Å². The minimum Gasteiger partial charge on any atom is -0.479 e. The average molecular weight is 251 g/mol. The molecule has 0 heterocycles. The van der Waals surface area contributed by atoms with Gasteiger partial charge in [0.2, 0.25) is 5.91 Å². The Bertz CT molecular complexity index is 447. The van der Waals surface area contributed by atoms with E-state index in [4.69, 9.17) is 10.8 Å². The molecular formula is C11H13N3O4. The van der Waals surface area contributed by atoms with Crippen LogP contribution in [-0.2, 0) is 9.59 Å². The van der Waals surface area contributed by atoms with Crippen molar-refractivity contribution >= 4 is 17.9 Å². The Balaban J connectivity index is 2.67. The molecule has 3 amide bonds. The van der Waals surface area contributed by atoms with Gasteiger partial charge in [0.15, 0.2) is 6.04 Å². The molecule has 1 atom stereocenters. The average Bonchev–Trinajstić information content (AvgIpc) is 2.34. The maximum Gasteiger partial charge on any atom is 0.330 e. The molecule has 0 fully saturated rings. The largest absolute Gasteiger partial charge is 0.479 e. The van der Waals surface area contributed by atoms with E-state index in [0.29, 0.717) is 5.56 Å². The van der Waals surface area contributed by atoms with Gasteiger partial charge in [-0.25, -0.2) is 9.59 Å². The lowest BCUT2D eigenvalue weighted by Crippen LogP contribution is -2.43. The summed E-state index contributed by atoms with van der Waals surface area (Å²) >= 11 is 0. The second-order valence-electron chi connectivity index (χ2n) is 3.48. The minimum atomic E-state index is -1.20. The van der Waals surface area contributed by atoms with Crippen molar-refractivity contribution < 1.29 is 19.5 Å². The molecule has 0 aromatic heterocycles. The van der Waals surface area contributed by atoms with E-state index in [0.717, 1.165) is 0 Å². The van der Waals surface area contributed by atoms with Crippen LogP contribution in [0, 0.1) is 0 Å². The first-order valence-electron chi connectivity index (χ1n) is 5.11. The fraction of sp³-hybridized carbons (Fsp3) is 0.182. The van der Waals surface area contributed by atoms with Crippen molar-refractivity contribution in [3.05, 3.63) is 35.9 Å². The number of carboxylic acid groups (broad SMARTS) is 1. The summed E-state index contributed by atoms with van der Waals surface area (Å²) in [6.45, 7) is -0.354. The van der Waals surface area contributed by atoms with Crippen molar-refractivity contribution in [2.75, 3.05) is 6.54 Å². The Hall–Kier alpha value is -2.57. The number of carboxylic acids is 1. The lowest BCUT2D eigenvalue weighted by molar-refractivity contribution is -0.139. The molecule has 7 nitrogen and oxygen atoms in total. The van der Waals surface area contributed by atoms with E-state index in [1.807, 2.05) is 0 Å². The highest BCUT2D eigenvalue weighted by atomic mass is 16.4. The summed E-state index contributed by atoms with van der Waals surface area (Å²) in [6, 6.07) is 6.25. The Morgan fingerprint density at radius 2 is 1.83 bits per heavy atom. The molecule has 0 spiro atoms. The third-order valence-electron chi connectivity index (χ3n) is 2.08. The van der Waals surface area contributed by atoms with E-state index in [-0.39, 0.29) is 6.54 Å². The van der Waals surface area contributed by atoms with Gasteiger partial charge in [-0.15, -0.1) is 0 Å². The van der Waals surface area contributed by atoms with E-state index in [1.165, 1.54) is 0 Å². The Morgan fingerprint density at radius 1 is 1.22 bits per heavy atom. The molecule has 0 aliphatic heterocycles. The molecule has 96 valence electrons. The SMILES string of the molecule is NC(=O)CNC(=O)NC(C(=O)O)c1ccccc1. The molecule has 5 N–H and O–H groups in total. The third-order valence-corrected chi connectivity index (χ3v) is 2.08. The van der Waals surface area contributed by atoms with Gasteiger partial charge in [0, 0.05) is 0 Å². The highest BCUT2D eigenvalue weighted by Crippen LogP contribution is 2.12. The van der Waals surface area contributed by atoms with Crippen molar-refractivity contribution in [2.45, 2.75) is 6.04 Å². The van der Waals surface area contributed by atoms with Crippen molar-refractivity contribution in [1.29, 1.82) is 0 Å². The number of primary amides is 1. The van der Waals surface area contributed by atoms with E-state index in [9.17, 15) is 14.4 Å². The van der Waals surface area contributed by atoms with Crippen LogP contribution in [0.1, 0.15) is 11.6 Å². The second-order valence-corrected chi connectivity index (χ2v) is 3.48. The van der Waals surface area contributed by atoms with Gasteiger partial charge < -0.3 is 21.5 Å². The highest BCUT2D eigenvalue weighted by molar-refractivity contribution is 5.86. The van der Waals surface area contributed by atoms with Crippen LogP contribution in [-0.4, -0.2) is 29.6 Å². The smallest absolute Gasteiger partial charge is 0.330 e. The van der Waals surface area contributed by atoms with E-state index >= 15 is 0 Å². The zero-order valence-corrected chi connectivity index (χ0v) is 9.42. The standard InChI is InChI=1S/C11H13N3O4/c12-8(15)6-13-11(18)14-9(10(16)17)7-4-2-1-3-5-7/h1-5,9H,6H2,(H2,12,15)(H,16,17)(H2,13,14,18). The van der Waals surface area contributed by atoms with Gasteiger partial charge in [-0.3, -0.25) is 4.79 Å². The van der Waals surface area contributed by atoms with Crippen molar-refractivity contribution in [3.8, 4) is 0 Å². The number of hydrogen-bond acceptors (Lipinski definition) is 3. The number of aliphatic carboxylic acids is 1. The summed E-state index contributed by atoms with van der Waals surface area (Å²) in [7, 11) is 0. The fourth-order valence-corrected chi connectivity index (χ4v) is 1.28. The predicted molar refractivity (Wildman–Crippen MR) is 62.5 cm³/mol. The zero-order chi connectivity index (χ0) is 13.5. The topological polar surface area (TPSA) is 122 Å². The lowest BCUT2D eigenvalue weighted by Gasteiger charge is -2.14. The van der Waals surface area contributed by atoms with Gasteiger partial charge in [0.05, 0.1) is 6.54 Å². The molecule has 0 aliphatic rings. The molecule has 18 heavy (non-hydrogen) atoms. The van der Waals surface area contributed by atoms with Crippen LogP contribution in [0.15, 0.2) is 30.3 Å². The quantitative estimate of drug-likeness (QED) is 0.568. The first-order chi connectivity index (χ1) is 8.50. The summed E-state index contributed by atoms with van der Waals surface area (Å²) < 4.78 is 0. The minimum absolute atomic E-state index is 0.354. The fourth-order valence-electron chi connectivity index (χ4n) is 1.28. The van der Waals surface area contributed by atoms with E-state index in [1.54, 1.807) is 30.3 Å². The molecule has 0 saturated heterocycles. The molecule has 0 radical (unpaired) electrons. The number of rotatable bonds is 5. The molecule has 7 heteroatoms. The Labute approximate surface area is 103 Å². The molecule has 0 bridgehead atoms. The molecule has 0 saturated carbocycles. The van der Waals surface area contributed by atoms with Crippen LogP contribution < -0.4 is 16.4 Å². The summed E-state index contributed by atoms with van der Waals surface area (Å²) in [6.07, 6.45) is 0. The Kier molecular flexibility index (Phi) is 4.67. The van der Waals surface area contributed by atoms with E-state index in [2.05, 4.69) is 10.6 Å². The summed E-state index contributed by atoms with van der Waals surface area (Å²) in [5.41, 5.74) is 5.27. The predicted octanol–water partition coefficient (Wildman–Crippen LogP) is -0.403. The Morgan fingerprint density at radius 3 is 2.33 bits per heavy atom. The second kappa shape index (κ2) is 6.24. The number of nitrogens with one attached hydrogen (secondary N) is 2. The van der Waals surface area contributed by atoms with Crippen molar-refractivity contribution in [3.63, 3.8) is 0 Å². The first-order valence-corrected chi connectivity index (χ1v) is 5.11. The molecule has 1 rings (SSSR count). The van der Waals surface area contributed by atoms with Gasteiger partial charge >= 0.3 is 12.0 Å². The van der Waals surface area contributed by atoms with Crippen LogP contribution in [0.25, 0.3) is 0 Å². The van der Waals surface area contributed by atoms with Gasteiger partial charge in [-0.1, -0.05) is 30.3 Å².